The Morgan fingerprint density at radius 2 is 0.974 bits per heavy atom. The number of rotatable bonds is 18. The van der Waals surface area contributed by atoms with Gasteiger partial charge in [0.25, 0.3) is 0 Å². The van der Waals surface area contributed by atoms with Gasteiger partial charge in [-0.3, -0.25) is 4.90 Å². The number of methoxy groups -OCH3 is 2. The van der Waals surface area contributed by atoms with Gasteiger partial charge in [-0.2, -0.15) is 0 Å². The van der Waals surface area contributed by atoms with Crippen LogP contribution in [0.15, 0.2) is 12.1 Å². The van der Waals surface area contributed by atoms with Crippen LogP contribution in [-0.2, 0) is 27.1 Å². The number of esters is 2. The lowest BCUT2D eigenvalue weighted by molar-refractivity contribution is -0.919. The summed E-state index contributed by atoms with van der Waals surface area (Å²) in [5.74, 6) is 4.70. The van der Waals surface area contributed by atoms with Gasteiger partial charge in [-0.1, -0.05) is 0 Å². The molecule has 0 bridgehead atoms. The zero-order valence-corrected chi connectivity index (χ0v) is 47.5. The maximum Gasteiger partial charge on any atom is 0.341 e. The number of carbonyl (C=O) groups excluding carboxylic acids is 2. The van der Waals surface area contributed by atoms with E-state index in [0.717, 1.165) is 66.3 Å². The van der Waals surface area contributed by atoms with Crippen LogP contribution in [0, 0.1) is 0 Å². The smallest absolute Gasteiger partial charge is 0.341 e. The molecule has 22 heteroatoms. The van der Waals surface area contributed by atoms with Gasteiger partial charge in [0.15, 0.2) is 64.2 Å². The number of nitrogens with two attached hydrogens (primary N) is 2. The molecule has 0 spiro atoms. The summed E-state index contributed by atoms with van der Waals surface area (Å²) in [4.78, 5) is 30.0. The zero-order chi connectivity index (χ0) is 55.2. The molecule has 0 fully saturated rings. The Hall–Kier alpha value is -6.81. The molecule has 6 aliphatic rings. The van der Waals surface area contributed by atoms with Gasteiger partial charge >= 0.3 is 11.9 Å². The molecule has 0 aliphatic carbocycles. The quantitative estimate of drug-likeness (QED) is 0.0947. The molecule has 0 saturated carbocycles. The van der Waals surface area contributed by atoms with Gasteiger partial charge in [-0.25, -0.2) is 9.59 Å². The number of nitrogens with zero attached hydrogens (tertiary/aromatic N) is 1. The molecule has 0 aromatic heterocycles. The standard InChI is InChI=1S/2C26H32N2O8.C4H10O.ClH/c2*1-6-31-23-17-16(18(27)24(32-7-2)25(23)33-8-3)26(29)36-21(17)19-15-13(9-10-28(19)4)11-14-20(22(15)30-5)35-12-34-14;1-3-5-4-2;/h2*11,19,21H,6-10,12,27H2,1-5H3;3-4H2,1-2H3;1H. The topological polar surface area (TPSA) is 232 Å². The van der Waals surface area contributed by atoms with Crippen LogP contribution in [0.5, 0.6) is 69.0 Å². The third-order valence-electron chi connectivity index (χ3n) is 14.1. The van der Waals surface area contributed by atoms with E-state index >= 15 is 0 Å². The Morgan fingerprint density at radius 3 is 1.42 bits per heavy atom. The molecule has 4 aromatic carbocycles. The molecular formula is C56H75ClN4O17. The van der Waals surface area contributed by atoms with Crippen molar-refractivity contribution in [1.82, 2.24) is 4.90 Å². The summed E-state index contributed by atoms with van der Waals surface area (Å²) in [6, 6.07) is 3.28. The van der Waals surface area contributed by atoms with Crippen LogP contribution in [0.3, 0.4) is 0 Å². The van der Waals surface area contributed by atoms with Gasteiger partial charge in [0, 0.05) is 31.7 Å². The van der Waals surface area contributed by atoms with Crippen molar-refractivity contribution in [3.8, 4) is 69.0 Å². The number of anilines is 2. The number of quaternary nitrogens is 1. The molecule has 0 radical (unpaired) electrons. The van der Waals surface area contributed by atoms with Crippen molar-refractivity contribution in [2.75, 3.05) is 119 Å². The normalized spacial score (nSPS) is 19.7. The second-order valence-corrected chi connectivity index (χ2v) is 18.3. The van der Waals surface area contributed by atoms with Crippen LogP contribution in [0.2, 0.25) is 0 Å². The number of halogens is 1. The Bertz CT molecular complexity index is 2640. The molecule has 0 amide bonds. The fourth-order valence-electron chi connectivity index (χ4n) is 11.1. The predicted molar refractivity (Wildman–Crippen MR) is 283 cm³/mol. The Kier molecular flexibility index (Phi) is 19.4. The van der Waals surface area contributed by atoms with Crippen LogP contribution >= 0.6 is 0 Å². The lowest BCUT2D eigenvalue weighted by Gasteiger charge is -2.38. The van der Waals surface area contributed by atoms with Crippen molar-refractivity contribution < 1.29 is 97.9 Å². The Labute approximate surface area is 462 Å². The molecule has 21 nitrogen and oxygen atoms in total. The predicted octanol–water partition coefficient (Wildman–Crippen LogP) is 3.92. The van der Waals surface area contributed by atoms with E-state index in [-0.39, 0.29) is 60.3 Å². The monoisotopic (exact) mass is 1110 g/mol. The van der Waals surface area contributed by atoms with Crippen molar-refractivity contribution in [3.63, 3.8) is 0 Å². The largest absolute Gasteiger partial charge is 1.00 e. The van der Waals surface area contributed by atoms with Crippen LogP contribution in [0.25, 0.3) is 0 Å². The average molecular weight is 1110 g/mol. The first-order valence-corrected chi connectivity index (χ1v) is 26.6. The fourth-order valence-corrected chi connectivity index (χ4v) is 11.1. The first-order chi connectivity index (χ1) is 37.3. The first kappa shape index (κ1) is 58.9. The molecule has 6 aliphatic heterocycles. The molecule has 10 rings (SSSR count). The van der Waals surface area contributed by atoms with Crippen molar-refractivity contribution in [2.45, 2.75) is 92.5 Å². The van der Waals surface area contributed by atoms with Crippen LogP contribution < -0.4 is 85.6 Å². The van der Waals surface area contributed by atoms with Crippen molar-refractivity contribution in [1.29, 1.82) is 0 Å². The maximum atomic E-state index is 13.3. The molecule has 5 unspecified atom stereocenters. The second-order valence-electron chi connectivity index (χ2n) is 18.3. The number of hydrogen-bond donors (Lipinski definition) is 3. The van der Waals surface area contributed by atoms with Crippen molar-refractivity contribution in [2.24, 2.45) is 0 Å². The number of likely N-dealkylation sites (N-methyl/N-ethyl adjacent to an activating group) is 2. The molecule has 4 aromatic rings. The first-order valence-electron chi connectivity index (χ1n) is 26.6. The van der Waals surface area contributed by atoms with Gasteiger partial charge in [0.05, 0.1) is 113 Å². The highest BCUT2D eigenvalue weighted by molar-refractivity contribution is 6.04. The number of benzene rings is 4. The SMILES string of the molecule is CCOCC.CCOc1c(N)c2c(c(OCC)c1OCC)C(C1c3c(cc4c(c3OC)OCO4)CCN1C)OC2=O.CCOc1c(N)c2c(c(OCC)c1OCC)C(C1c3c(cc4c(c3OC)OCO4)CC[NH+]1C)OC2=O.[Cl-]. The highest BCUT2D eigenvalue weighted by Crippen LogP contribution is 2.61. The molecule has 6 heterocycles. The summed E-state index contributed by atoms with van der Waals surface area (Å²) >= 11 is 0. The van der Waals surface area contributed by atoms with E-state index in [4.69, 9.17) is 82.5 Å². The minimum atomic E-state index is -0.732. The number of ether oxygens (including phenoxy) is 15. The van der Waals surface area contributed by atoms with E-state index in [0.29, 0.717) is 114 Å². The molecular weight excluding hydrogens is 1040 g/mol. The molecule has 78 heavy (non-hydrogen) atoms. The number of hydrogen-bond acceptors (Lipinski definition) is 20. The van der Waals surface area contributed by atoms with Crippen LogP contribution in [0.1, 0.15) is 134 Å². The lowest BCUT2D eigenvalue weighted by atomic mass is 9.85. The number of carbonyl (C=O) groups is 2. The Balaban J connectivity index is 0.000000206. The minimum absolute atomic E-state index is 0. The fraction of sp³-hybridized carbons (Fsp3) is 0.536. The van der Waals surface area contributed by atoms with E-state index in [1.807, 2.05) is 74.6 Å². The van der Waals surface area contributed by atoms with E-state index in [1.165, 1.54) is 0 Å². The van der Waals surface area contributed by atoms with Gasteiger partial charge < -0.3 is 99.8 Å². The third-order valence-corrected chi connectivity index (χ3v) is 14.1. The Morgan fingerprint density at radius 1 is 0.551 bits per heavy atom. The third kappa shape index (κ3) is 10.5. The summed E-state index contributed by atoms with van der Waals surface area (Å²) in [5, 5.41) is 0. The summed E-state index contributed by atoms with van der Waals surface area (Å²) in [6.45, 7) is 20.8. The van der Waals surface area contributed by atoms with Crippen LogP contribution in [0.4, 0.5) is 11.4 Å². The van der Waals surface area contributed by atoms with Gasteiger partial charge in [-0.05, 0) is 92.1 Å². The molecule has 5 atom stereocenters. The maximum absolute atomic E-state index is 13.3. The highest BCUT2D eigenvalue weighted by Gasteiger charge is 2.52. The van der Waals surface area contributed by atoms with Gasteiger partial charge in [0.2, 0.25) is 36.6 Å². The van der Waals surface area contributed by atoms with E-state index in [2.05, 4.69) is 11.9 Å². The number of nitrogens with one attached hydrogen (secondary N) is 1. The molecule has 428 valence electrons. The zero-order valence-electron chi connectivity index (χ0n) is 46.8. The summed E-state index contributed by atoms with van der Waals surface area (Å²) in [5.41, 5.74) is 19.0. The average Bonchev–Trinajstić information content (AvgIpc) is 4.30. The number of cyclic esters (lactones) is 2. The van der Waals surface area contributed by atoms with E-state index < -0.39 is 30.2 Å². The van der Waals surface area contributed by atoms with E-state index in [1.54, 1.807) is 14.2 Å². The number of nitrogen functional groups attached to an aromatic ring is 2. The lowest BCUT2D eigenvalue weighted by Crippen LogP contribution is -3.11. The van der Waals surface area contributed by atoms with Crippen molar-refractivity contribution >= 4 is 23.3 Å². The van der Waals surface area contributed by atoms with Gasteiger partial charge in [-0.15, -0.1) is 0 Å². The summed E-state index contributed by atoms with van der Waals surface area (Å²) in [6.07, 6.45) is 0.159. The minimum Gasteiger partial charge on any atom is -1.00 e. The number of fused-ring (bicyclic) bond motifs is 6. The van der Waals surface area contributed by atoms with Crippen LogP contribution in [-0.4, -0.2) is 125 Å². The summed E-state index contributed by atoms with van der Waals surface area (Å²) in [7, 11) is 7.28. The van der Waals surface area contributed by atoms with Gasteiger partial charge in [0.1, 0.15) is 0 Å². The highest BCUT2D eigenvalue weighted by atomic mass is 35.5. The van der Waals surface area contributed by atoms with E-state index in [9.17, 15) is 9.59 Å². The molecule has 0 saturated heterocycles. The van der Waals surface area contributed by atoms with Crippen molar-refractivity contribution in [3.05, 3.63) is 56.6 Å². The molecule has 5 N–H and O–H groups in total. The second kappa shape index (κ2) is 25.8. The summed E-state index contributed by atoms with van der Waals surface area (Å²) < 4.78 is 87.4.